The minimum Gasteiger partial charge on any atom is -0.479 e. The zero-order chi connectivity index (χ0) is 12.7. The molecule has 2 unspecified atom stereocenters. The molecular weight excluding hydrogens is 232 g/mol. The minimum absolute atomic E-state index is 0.0578. The second-order valence-electron chi connectivity index (χ2n) is 3.89. The molecule has 4 nitrogen and oxygen atoms in total. The lowest BCUT2D eigenvalue weighted by molar-refractivity contribution is -0.145. The molecule has 1 aromatic rings. The summed E-state index contributed by atoms with van der Waals surface area (Å²) in [7, 11) is 0. The molecule has 2 rings (SSSR count). The number of carboxylic acids is 1. The van der Waals surface area contributed by atoms with E-state index in [9.17, 15) is 18.4 Å². The molecule has 90 valence electrons. The Morgan fingerprint density at radius 3 is 2.76 bits per heavy atom. The Morgan fingerprint density at radius 1 is 1.53 bits per heavy atom. The number of hydrogen-bond acceptors (Lipinski definition) is 2. The third kappa shape index (κ3) is 1.75. The maximum absolute atomic E-state index is 13.4. The summed E-state index contributed by atoms with van der Waals surface area (Å²) in [4.78, 5) is 22.1. The lowest BCUT2D eigenvalue weighted by atomic mass is 9.94. The van der Waals surface area contributed by atoms with Crippen molar-refractivity contribution in [1.29, 1.82) is 0 Å². The topological polar surface area (TPSA) is 66.4 Å². The molecule has 17 heavy (non-hydrogen) atoms. The molecule has 0 radical (unpaired) electrons. The van der Waals surface area contributed by atoms with E-state index in [1.807, 2.05) is 0 Å². The van der Waals surface area contributed by atoms with Crippen LogP contribution in [0.15, 0.2) is 12.1 Å². The highest BCUT2D eigenvalue weighted by atomic mass is 19.1. The molecule has 6 heteroatoms. The van der Waals surface area contributed by atoms with E-state index in [2.05, 4.69) is 5.32 Å². The Hall–Kier alpha value is -1.98. The monoisotopic (exact) mass is 241 g/mol. The van der Waals surface area contributed by atoms with Crippen molar-refractivity contribution in [3.8, 4) is 0 Å². The lowest BCUT2D eigenvalue weighted by Crippen LogP contribution is -2.28. The smallest absolute Gasteiger partial charge is 0.339 e. The summed E-state index contributed by atoms with van der Waals surface area (Å²) in [6.45, 7) is 1.55. The van der Waals surface area contributed by atoms with Crippen LogP contribution in [0.3, 0.4) is 0 Å². The molecule has 0 fully saturated rings. The summed E-state index contributed by atoms with van der Waals surface area (Å²) in [5, 5.41) is 10.9. The van der Waals surface area contributed by atoms with Gasteiger partial charge in [-0.2, -0.15) is 0 Å². The average molecular weight is 241 g/mol. The highest BCUT2D eigenvalue weighted by Gasteiger charge is 2.41. The molecule has 0 aromatic heterocycles. The van der Waals surface area contributed by atoms with E-state index in [1.165, 1.54) is 6.07 Å². The van der Waals surface area contributed by atoms with Gasteiger partial charge in [-0.25, -0.2) is 13.6 Å². The number of carboxylic acid groups (broad SMARTS) is 1. The van der Waals surface area contributed by atoms with Crippen molar-refractivity contribution in [2.45, 2.75) is 19.0 Å². The fraction of sp³-hybridized carbons (Fsp3) is 0.273. The van der Waals surface area contributed by atoms with E-state index in [0.717, 1.165) is 6.07 Å². The van der Waals surface area contributed by atoms with Crippen LogP contribution in [0.25, 0.3) is 0 Å². The van der Waals surface area contributed by atoms with E-state index < -0.39 is 29.8 Å². The summed E-state index contributed by atoms with van der Waals surface area (Å²) in [5.41, 5.74) is 0.793. The molecule has 1 aliphatic heterocycles. The first-order chi connectivity index (χ1) is 7.91. The van der Waals surface area contributed by atoms with Gasteiger partial charge in [-0.1, -0.05) is 0 Å². The van der Waals surface area contributed by atoms with Gasteiger partial charge in [0.05, 0.1) is 0 Å². The first kappa shape index (κ1) is 11.5. The van der Waals surface area contributed by atoms with Gasteiger partial charge in [0.25, 0.3) is 0 Å². The summed E-state index contributed by atoms with van der Waals surface area (Å²) in [6, 6.07) is 2.18. The van der Waals surface area contributed by atoms with Gasteiger partial charge in [-0.15, -0.1) is 0 Å². The van der Waals surface area contributed by atoms with E-state index in [-0.39, 0.29) is 5.56 Å². The summed E-state index contributed by atoms with van der Waals surface area (Å²) in [6.07, 6.45) is -2.38. The van der Waals surface area contributed by atoms with Gasteiger partial charge in [0.15, 0.2) is 0 Å². The van der Waals surface area contributed by atoms with Crippen LogP contribution in [-0.4, -0.2) is 23.2 Å². The second kappa shape index (κ2) is 3.80. The van der Waals surface area contributed by atoms with Crippen molar-refractivity contribution in [3.63, 3.8) is 0 Å². The fourth-order valence-corrected chi connectivity index (χ4v) is 1.96. The van der Waals surface area contributed by atoms with Crippen molar-refractivity contribution in [1.82, 2.24) is 0 Å². The molecule has 0 bridgehead atoms. The molecule has 1 heterocycles. The van der Waals surface area contributed by atoms with Gasteiger partial charge in [-0.05, 0) is 30.2 Å². The number of benzene rings is 1. The molecule has 0 aliphatic carbocycles. The number of carbonyl (C=O) groups is 2. The average Bonchev–Trinajstić information content (AvgIpc) is 2.54. The maximum atomic E-state index is 13.4. The predicted octanol–water partition coefficient (Wildman–Crippen LogP) is 1.59. The highest BCUT2D eigenvalue weighted by Crippen LogP contribution is 2.38. The second-order valence-corrected chi connectivity index (χ2v) is 3.89. The molecule has 0 saturated heterocycles. The molecule has 0 spiro atoms. The zero-order valence-corrected chi connectivity index (χ0v) is 8.83. The van der Waals surface area contributed by atoms with Crippen LogP contribution >= 0.6 is 0 Å². The van der Waals surface area contributed by atoms with E-state index >= 15 is 0 Å². The summed E-state index contributed by atoms with van der Waals surface area (Å²) >= 11 is 0. The number of aliphatic carboxylic acids is 1. The van der Waals surface area contributed by atoms with Crippen molar-refractivity contribution >= 4 is 17.6 Å². The number of nitrogens with one attached hydrogen (secondary N) is 1. The number of rotatable bonds is 2. The number of halogens is 2. The molecule has 2 atom stereocenters. The number of fused-ring (bicyclic) bond motifs is 1. The number of amides is 1. The van der Waals surface area contributed by atoms with Gasteiger partial charge in [0.2, 0.25) is 12.1 Å². The Morgan fingerprint density at radius 2 is 2.18 bits per heavy atom. The van der Waals surface area contributed by atoms with Crippen molar-refractivity contribution in [2.75, 3.05) is 5.32 Å². The molecule has 1 amide bonds. The van der Waals surface area contributed by atoms with Crippen LogP contribution in [-0.2, 0) is 9.59 Å². The Bertz CT molecular complexity index is 516. The summed E-state index contributed by atoms with van der Waals surface area (Å²) in [5.74, 6) is -4.61. The standard InChI is InChI=1S/C11H9F2NO3/c1-4-2-5(12)3-6-7(8(13)11(16)17)10(15)14-9(4)6/h2-3,7-8H,1H3,(H,14,15)(H,16,17). The van der Waals surface area contributed by atoms with E-state index in [0.29, 0.717) is 11.3 Å². The largest absolute Gasteiger partial charge is 0.479 e. The Kier molecular flexibility index (Phi) is 2.57. The normalized spacial score (nSPS) is 19.7. The van der Waals surface area contributed by atoms with Crippen LogP contribution < -0.4 is 5.32 Å². The van der Waals surface area contributed by atoms with Crippen LogP contribution in [0.5, 0.6) is 0 Å². The summed E-state index contributed by atoms with van der Waals surface area (Å²) < 4.78 is 26.6. The quantitative estimate of drug-likeness (QED) is 0.826. The number of anilines is 1. The Balaban J connectivity index is 2.54. The van der Waals surface area contributed by atoms with Crippen molar-refractivity contribution in [3.05, 3.63) is 29.1 Å². The van der Waals surface area contributed by atoms with Crippen LogP contribution in [0, 0.1) is 12.7 Å². The van der Waals surface area contributed by atoms with E-state index in [4.69, 9.17) is 5.11 Å². The van der Waals surface area contributed by atoms with Gasteiger partial charge < -0.3 is 10.4 Å². The lowest BCUT2D eigenvalue weighted by Gasteiger charge is -2.10. The van der Waals surface area contributed by atoms with Crippen LogP contribution in [0.1, 0.15) is 17.0 Å². The van der Waals surface area contributed by atoms with Gasteiger partial charge in [-0.3, -0.25) is 4.79 Å². The number of aryl methyl sites for hydroxylation is 1. The van der Waals surface area contributed by atoms with Crippen LogP contribution in [0.2, 0.25) is 0 Å². The Labute approximate surface area is 95.2 Å². The maximum Gasteiger partial charge on any atom is 0.339 e. The molecule has 2 N–H and O–H groups in total. The molecule has 1 aliphatic rings. The molecule has 0 saturated carbocycles. The SMILES string of the molecule is Cc1cc(F)cc2c1NC(=O)C2C(F)C(=O)O. The molecular formula is C11H9F2NO3. The zero-order valence-electron chi connectivity index (χ0n) is 8.83. The van der Waals surface area contributed by atoms with Crippen molar-refractivity contribution < 1.29 is 23.5 Å². The fourth-order valence-electron chi connectivity index (χ4n) is 1.96. The number of carbonyl (C=O) groups excluding carboxylic acids is 1. The third-order valence-corrected chi connectivity index (χ3v) is 2.73. The number of hydrogen-bond donors (Lipinski definition) is 2. The first-order valence-electron chi connectivity index (χ1n) is 4.89. The first-order valence-corrected chi connectivity index (χ1v) is 4.89. The van der Waals surface area contributed by atoms with Gasteiger partial charge >= 0.3 is 5.97 Å². The van der Waals surface area contributed by atoms with Crippen LogP contribution in [0.4, 0.5) is 14.5 Å². The van der Waals surface area contributed by atoms with Gasteiger partial charge in [0, 0.05) is 5.69 Å². The molecule has 1 aromatic carbocycles. The third-order valence-electron chi connectivity index (χ3n) is 2.73. The van der Waals surface area contributed by atoms with Gasteiger partial charge in [0.1, 0.15) is 11.7 Å². The predicted molar refractivity (Wildman–Crippen MR) is 55.0 cm³/mol. The minimum atomic E-state index is -2.38. The van der Waals surface area contributed by atoms with E-state index in [1.54, 1.807) is 6.92 Å². The van der Waals surface area contributed by atoms with Crippen molar-refractivity contribution in [2.24, 2.45) is 0 Å². The highest BCUT2D eigenvalue weighted by molar-refractivity contribution is 6.06. The number of alkyl halides is 1.